The van der Waals surface area contributed by atoms with Crippen molar-refractivity contribution in [2.75, 3.05) is 7.11 Å². The van der Waals surface area contributed by atoms with Crippen LogP contribution >= 0.6 is 0 Å². The predicted octanol–water partition coefficient (Wildman–Crippen LogP) is 2.41. The van der Waals surface area contributed by atoms with E-state index in [0.29, 0.717) is 0 Å². The molecule has 0 fully saturated rings. The monoisotopic (exact) mass is 239 g/mol. The van der Waals surface area contributed by atoms with Gasteiger partial charge in [-0.15, -0.1) is 0 Å². The molecule has 6 heteroatoms. The van der Waals surface area contributed by atoms with Gasteiger partial charge < -0.3 is 9.15 Å². The summed E-state index contributed by atoms with van der Waals surface area (Å²) in [5.74, 6) is -2.68. The van der Waals surface area contributed by atoms with Crippen LogP contribution < -0.4 is 0 Å². The van der Waals surface area contributed by atoms with Crippen LogP contribution in [0.15, 0.2) is 29.0 Å². The minimum absolute atomic E-state index is 0.0377. The first-order valence-electron chi connectivity index (χ1n) is 4.60. The fraction of sp³-hybridized carbons (Fsp3) is 0.0909. The molecule has 1 heterocycles. The lowest BCUT2D eigenvalue weighted by Gasteiger charge is -2.00. The number of carbonyl (C=O) groups is 1. The van der Waals surface area contributed by atoms with Gasteiger partial charge in [-0.1, -0.05) is 0 Å². The van der Waals surface area contributed by atoms with Gasteiger partial charge in [0, 0.05) is 5.56 Å². The third-order valence-corrected chi connectivity index (χ3v) is 2.13. The number of nitrogens with zero attached hydrogens (tertiary/aromatic N) is 1. The molecule has 0 aliphatic carbocycles. The molecular weight excluding hydrogens is 232 g/mol. The third kappa shape index (κ3) is 2.01. The maximum absolute atomic E-state index is 13.0. The second-order valence-corrected chi connectivity index (χ2v) is 3.15. The number of oxazole rings is 1. The average Bonchev–Trinajstić information content (AvgIpc) is 2.80. The highest BCUT2D eigenvalue weighted by atomic mass is 19.2. The van der Waals surface area contributed by atoms with Crippen LogP contribution in [0.2, 0.25) is 0 Å². The second-order valence-electron chi connectivity index (χ2n) is 3.15. The Morgan fingerprint density at radius 1 is 1.35 bits per heavy atom. The Hall–Kier alpha value is -2.24. The molecule has 0 unspecified atom stereocenters. The minimum Gasteiger partial charge on any atom is -0.464 e. The molecule has 1 aromatic carbocycles. The van der Waals surface area contributed by atoms with Crippen molar-refractivity contribution in [2.45, 2.75) is 0 Å². The van der Waals surface area contributed by atoms with Crippen LogP contribution in [-0.4, -0.2) is 18.1 Å². The van der Waals surface area contributed by atoms with Crippen LogP contribution in [0.3, 0.4) is 0 Å². The molecule has 0 N–H and O–H groups in total. The number of benzene rings is 1. The second kappa shape index (κ2) is 4.32. The molecule has 0 aliphatic rings. The normalized spacial score (nSPS) is 10.3. The van der Waals surface area contributed by atoms with E-state index < -0.39 is 17.6 Å². The molecule has 0 bridgehead atoms. The Morgan fingerprint density at radius 3 is 2.76 bits per heavy atom. The Bertz CT molecular complexity index is 566. The summed E-state index contributed by atoms with van der Waals surface area (Å²) in [7, 11) is 1.19. The zero-order valence-corrected chi connectivity index (χ0v) is 8.74. The van der Waals surface area contributed by atoms with Crippen molar-refractivity contribution in [3.63, 3.8) is 0 Å². The number of rotatable bonds is 2. The van der Waals surface area contributed by atoms with E-state index in [-0.39, 0.29) is 17.0 Å². The Balaban J connectivity index is 2.50. The van der Waals surface area contributed by atoms with Crippen LogP contribution in [-0.2, 0) is 4.74 Å². The van der Waals surface area contributed by atoms with E-state index in [1.165, 1.54) is 13.2 Å². The van der Waals surface area contributed by atoms with Crippen LogP contribution in [0.25, 0.3) is 11.3 Å². The van der Waals surface area contributed by atoms with Crippen molar-refractivity contribution < 1.29 is 22.7 Å². The van der Waals surface area contributed by atoms with E-state index in [4.69, 9.17) is 4.42 Å². The van der Waals surface area contributed by atoms with Crippen molar-refractivity contribution >= 4 is 5.97 Å². The lowest BCUT2D eigenvalue weighted by atomic mass is 10.1. The lowest BCUT2D eigenvalue weighted by Crippen LogP contribution is -2.03. The number of aromatic nitrogens is 1. The van der Waals surface area contributed by atoms with Crippen LogP contribution in [0.4, 0.5) is 8.78 Å². The van der Waals surface area contributed by atoms with E-state index in [1.807, 2.05) is 0 Å². The standard InChI is InChI=1S/C11H7F2NO3/c1-16-11(15)9-10(17-5-14-9)6-2-3-7(12)8(13)4-6/h2-5H,1H3. The largest absolute Gasteiger partial charge is 0.464 e. The van der Waals surface area contributed by atoms with Gasteiger partial charge in [-0.05, 0) is 18.2 Å². The topological polar surface area (TPSA) is 52.3 Å². The number of esters is 1. The van der Waals surface area contributed by atoms with Crippen molar-refractivity contribution in [1.29, 1.82) is 0 Å². The first kappa shape index (κ1) is 11.3. The van der Waals surface area contributed by atoms with Gasteiger partial charge in [-0.25, -0.2) is 18.6 Å². The summed E-state index contributed by atoms with van der Waals surface area (Å²) < 4.78 is 35.2. The van der Waals surface area contributed by atoms with Crippen LogP contribution in [0.5, 0.6) is 0 Å². The lowest BCUT2D eigenvalue weighted by molar-refractivity contribution is 0.0595. The van der Waals surface area contributed by atoms with Gasteiger partial charge in [0.15, 0.2) is 29.5 Å². The van der Waals surface area contributed by atoms with Gasteiger partial charge >= 0.3 is 5.97 Å². The van der Waals surface area contributed by atoms with E-state index >= 15 is 0 Å². The van der Waals surface area contributed by atoms with Crippen molar-refractivity contribution in [1.82, 2.24) is 4.98 Å². The summed E-state index contributed by atoms with van der Waals surface area (Å²) in [4.78, 5) is 15.0. The maximum Gasteiger partial charge on any atom is 0.360 e. The molecule has 0 saturated carbocycles. The first-order valence-corrected chi connectivity index (χ1v) is 4.60. The third-order valence-electron chi connectivity index (χ3n) is 2.13. The van der Waals surface area contributed by atoms with E-state index in [0.717, 1.165) is 18.5 Å². The van der Waals surface area contributed by atoms with Gasteiger partial charge in [0.1, 0.15) is 0 Å². The van der Waals surface area contributed by atoms with Gasteiger partial charge in [-0.3, -0.25) is 0 Å². The molecule has 17 heavy (non-hydrogen) atoms. The van der Waals surface area contributed by atoms with E-state index in [1.54, 1.807) is 0 Å². The number of hydrogen-bond donors (Lipinski definition) is 0. The fourth-order valence-corrected chi connectivity index (χ4v) is 1.33. The van der Waals surface area contributed by atoms with Crippen molar-refractivity contribution in [3.8, 4) is 11.3 Å². The number of halogens is 2. The van der Waals surface area contributed by atoms with Gasteiger partial charge in [0.2, 0.25) is 0 Å². The Morgan fingerprint density at radius 2 is 2.12 bits per heavy atom. The SMILES string of the molecule is COC(=O)c1ncoc1-c1ccc(F)c(F)c1. The zero-order valence-electron chi connectivity index (χ0n) is 8.74. The van der Waals surface area contributed by atoms with Gasteiger partial charge in [-0.2, -0.15) is 0 Å². The number of hydrogen-bond acceptors (Lipinski definition) is 4. The fourth-order valence-electron chi connectivity index (χ4n) is 1.33. The molecule has 0 amide bonds. The van der Waals surface area contributed by atoms with Crippen LogP contribution in [0, 0.1) is 11.6 Å². The molecule has 0 radical (unpaired) electrons. The van der Waals surface area contributed by atoms with Gasteiger partial charge in [0.25, 0.3) is 0 Å². The zero-order chi connectivity index (χ0) is 12.4. The first-order chi connectivity index (χ1) is 8.13. The Kier molecular flexibility index (Phi) is 2.86. The summed E-state index contributed by atoms with van der Waals surface area (Å²) in [5, 5.41) is 0. The average molecular weight is 239 g/mol. The minimum atomic E-state index is -1.03. The molecule has 2 aromatic rings. The summed E-state index contributed by atoms with van der Waals surface area (Å²) in [6, 6.07) is 3.14. The Labute approximate surface area is 94.8 Å². The maximum atomic E-state index is 13.0. The molecule has 0 spiro atoms. The summed E-state index contributed by atoms with van der Waals surface area (Å²) in [5.41, 5.74) is 0.125. The van der Waals surface area contributed by atoms with Crippen molar-refractivity contribution in [3.05, 3.63) is 41.9 Å². The molecule has 4 nitrogen and oxygen atoms in total. The summed E-state index contributed by atoms with van der Waals surface area (Å²) >= 11 is 0. The smallest absolute Gasteiger partial charge is 0.360 e. The molecular formula is C11H7F2NO3. The molecule has 0 saturated heterocycles. The highest BCUT2D eigenvalue weighted by molar-refractivity contribution is 5.93. The van der Waals surface area contributed by atoms with Crippen LogP contribution in [0.1, 0.15) is 10.5 Å². The highest BCUT2D eigenvalue weighted by Crippen LogP contribution is 2.25. The van der Waals surface area contributed by atoms with Crippen molar-refractivity contribution in [2.24, 2.45) is 0 Å². The van der Waals surface area contributed by atoms with E-state index in [2.05, 4.69) is 9.72 Å². The number of methoxy groups -OCH3 is 1. The molecule has 2 rings (SSSR count). The summed E-state index contributed by atoms with van der Waals surface area (Å²) in [6.07, 6.45) is 1.03. The number of ether oxygens (including phenoxy) is 1. The van der Waals surface area contributed by atoms with Gasteiger partial charge in [0.05, 0.1) is 7.11 Å². The van der Waals surface area contributed by atoms with E-state index in [9.17, 15) is 13.6 Å². The molecule has 1 aromatic heterocycles. The quantitative estimate of drug-likeness (QED) is 0.755. The predicted molar refractivity (Wildman–Crippen MR) is 53.2 cm³/mol. The molecule has 88 valence electrons. The highest BCUT2D eigenvalue weighted by Gasteiger charge is 2.19. The summed E-state index contributed by atoms with van der Waals surface area (Å²) in [6.45, 7) is 0. The molecule has 0 aliphatic heterocycles. The number of carbonyl (C=O) groups excluding carboxylic acids is 1. The molecule has 0 atom stereocenters.